The molecule has 1 N–H and O–H groups in total. The summed E-state index contributed by atoms with van der Waals surface area (Å²) in [4.78, 5) is 3.86. The molecule has 0 amide bonds. The maximum atomic E-state index is 3.86. The van der Waals surface area contributed by atoms with Gasteiger partial charge in [0.1, 0.15) is 8.24 Å². The van der Waals surface area contributed by atoms with Gasteiger partial charge in [-0.3, -0.25) is 0 Å². The van der Waals surface area contributed by atoms with Gasteiger partial charge in [-0.05, 0) is 11.1 Å². The standard InChI is InChI=1S/C14H23NSi/c1-16(2,14-10-6-7-11-14)15-12-13-8-4-3-5-9-13/h3-5,8-9,14-15H,6-7,10-12H2,1-2H3. The lowest BCUT2D eigenvalue weighted by molar-refractivity contribution is 0.778. The molecule has 88 valence electrons. The largest absolute Gasteiger partial charge is 0.333 e. The molecule has 0 atom stereocenters. The van der Waals surface area contributed by atoms with Crippen molar-refractivity contribution in [2.75, 3.05) is 0 Å². The highest BCUT2D eigenvalue weighted by Crippen LogP contribution is 2.37. The Bertz CT molecular complexity index is 315. The average molecular weight is 233 g/mol. The van der Waals surface area contributed by atoms with Crippen LogP contribution in [-0.2, 0) is 6.54 Å². The third-order valence-corrected chi connectivity index (χ3v) is 7.67. The van der Waals surface area contributed by atoms with Gasteiger partial charge in [-0.25, -0.2) is 0 Å². The van der Waals surface area contributed by atoms with E-state index >= 15 is 0 Å². The summed E-state index contributed by atoms with van der Waals surface area (Å²) in [5, 5.41) is 0. The summed E-state index contributed by atoms with van der Waals surface area (Å²) in [6.45, 7) is 6.04. The summed E-state index contributed by atoms with van der Waals surface area (Å²) in [5.74, 6) is 0. The van der Waals surface area contributed by atoms with Crippen molar-refractivity contribution < 1.29 is 0 Å². The summed E-state index contributed by atoms with van der Waals surface area (Å²) in [6.07, 6.45) is 5.82. The van der Waals surface area contributed by atoms with Crippen LogP contribution in [0.4, 0.5) is 0 Å². The van der Waals surface area contributed by atoms with Crippen LogP contribution in [0, 0.1) is 0 Å². The fraction of sp³-hybridized carbons (Fsp3) is 0.571. The highest BCUT2D eigenvalue weighted by molar-refractivity contribution is 6.76. The van der Waals surface area contributed by atoms with E-state index in [1.54, 1.807) is 0 Å². The Morgan fingerprint density at radius 2 is 1.75 bits per heavy atom. The highest BCUT2D eigenvalue weighted by Gasteiger charge is 2.33. The fourth-order valence-electron chi connectivity index (χ4n) is 2.72. The third kappa shape index (κ3) is 2.95. The molecule has 1 aliphatic rings. The Morgan fingerprint density at radius 1 is 1.12 bits per heavy atom. The molecule has 1 aromatic carbocycles. The molecule has 1 fully saturated rings. The van der Waals surface area contributed by atoms with E-state index in [4.69, 9.17) is 0 Å². The number of rotatable bonds is 4. The van der Waals surface area contributed by atoms with E-state index < -0.39 is 8.24 Å². The zero-order valence-electron chi connectivity index (χ0n) is 10.5. The number of benzene rings is 1. The van der Waals surface area contributed by atoms with Gasteiger partial charge in [0, 0.05) is 6.54 Å². The SMILES string of the molecule is C[Si](C)(NCc1ccccc1)C1CCCC1. The van der Waals surface area contributed by atoms with Crippen LogP contribution in [0.25, 0.3) is 0 Å². The predicted molar refractivity (Wildman–Crippen MR) is 73.0 cm³/mol. The van der Waals surface area contributed by atoms with E-state index in [0.717, 1.165) is 12.1 Å². The first-order valence-electron chi connectivity index (χ1n) is 6.47. The van der Waals surface area contributed by atoms with Crippen LogP contribution in [0.3, 0.4) is 0 Å². The summed E-state index contributed by atoms with van der Waals surface area (Å²) >= 11 is 0. The molecule has 1 aliphatic carbocycles. The van der Waals surface area contributed by atoms with Crippen LogP contribution in [0.15, 0.2) is 30.3 Å². The third-order valence-electron chi connectivity index (χ3n) is 3.97. The molecule has 0 bridgehead atoms. The topological polar surface area (TPSA) is 12.0 Å². The van der Waals surface area contributed by atoms with E-state index in [1.165, 1.54) is 31.2 Å². The summed E-state index contributed by atoms with van der Waals surface area (Å²) in [7, 11) is -1.20. The van der Waals surface area contributed by atoms with Crippen molar-refractivity contribution in [3.05, 3.63) is 35.9 Å². The van der Waals surface area contributed by atoms with E-state index in [9.17, 15) is 0 Å². The molecule has 0 saturated heterocycles. The Kier molecular flexibility index (Phi) is 3.82. The van der Waals surface area contributed by atoms with Crippen molar-refractivity contribution in [2.24, 2.45) is 0 Å². The van der Waals surface area contributed by atoms with Gasteiger partial charge in [-0.2, -0.15) is 0 Å². The quantitative estimate of drug-likeness (QED) is 0.777. The number of hydrogen-bond donors (Lipinski definition) is 1. The second kappa shape index (κ2) is 5.15. The first-order chi connectivity index (χ1) is 7.68. The zero-order valence-corrected chi connectivity index (χ0v) is 11.5. The Balaban J connectivity index is 1.89. The summed E-state index contributed by atoms with van der Waals surface area (Å²) < 4.78 is 0. The average Bonchev–Trinajstić information content (AvgIpc) is 2.82. The van der Waals surface area contributed by atoms with Crippen molar-refractivity contribution >= 4 is 8.24 Å². The van der Waals surface area contributed by atoms with Crippen LogP contribution in [0.5, 0.6) is 0 Å². The molecular weight excluding hydrogens is 210 g/mol. The lowest BCUT2D eigenvalue weighted by atomic mass is 10.2. The van der Waals surface area contributed by atoms with Crippen molar-refractivity contribution in [2.45, 2.75) is 50.9 Å². The lowest BCUT2D eigenvalue weighted by Gasteiger charge is -2.30. The Labute approximate surface area is 100 Å². The van der Waals surface area contributed by atoms with Crippen LogP contribution < -0.4 is 4.98 Å². The van der Waals surface area contributed by atoms with Crippen molar-refractivity contribution in [3.8, 4) is 0 Å². The van der Waals surface area contributed by atoms with Gasteiger partial charge in [0.25, 0.3) is 0 Å². The van der Waals surface area contributed by atoms with Gasteiger partial charge in [-0.1, -0.05) is 69.1 Å². The van der Waals surface area contributed by atoms with E-state index in [0.29, 0.717) is 0 Å². The molecule has 2 rings (SSSR count). The van der Waals surface area contributed by atoms with E-state index in [1.807, 2.05) is 0 Å². The van der Waals surface area contributed by atoms with Gasteiger partial charge >= 0.3 is 0 Å². The minimum atomic E-state index is -1.20. The van der Waals surface area contributed by atoms with E-state index in [2.05, 4.69) is 48.4 Å². The smallest absolute Gasteiger partial charge is 0.122 e. The molecule has 1 nitrogen and oxygen atoms in total. The van der Waals surface area contributed by atoms with Crippen LogP contribution in [0.1, 0.15) is 31.2 Å². The second-order valence-corrected chi connectivity index (χ2v) is 10.2. The van der Waals surface area contributed by atoms with Crippen molar-refractivity contribution in [3.63, 3.8) is 0 Å². The minimum absolute atomic E-state index is 0.996. The molecule has 0 heterocycles. The van der Waals surface area contributed by atoms with Crippen molar-refractivity contribution in [1.29, 1.82) is 0 Å². The molecule has 0 unspecified atom stereocenters. The molecule has 0 spiro atoms. The zero-order chi connectivity index (χ0) is 11.4. The molecule has 16 heavy (non-hydrogen) atoms. The summed E-state index contributed by atoms with van der Waals surface area (Å²) in [6, 6.07) is 10.8. The molecule has 0 aliphatic heterocycles. The first kappa shape index (κ1) is 11.9. The summed E-state index contributed by atoms with van der Waals surface area (Å²) in [5.41, 5.74) is 2.41. The molecular formula is C14H23NSi. The van der Waals surface area contributed by atoms with Gasteiger partial charge in [0.2, 0.25) is 0 Å². The van der Waals surface area contributed by atoms with Gasteiger partial charge in [0.15, 0.2) is 0 Å². The highest BCUT2D eigenvalue weighted by atomic mass is 28.3. The van der Waals surface area contributed by atoms with Crippen LogP contribution >= 0.6 is 0 Å². The molecule has 1 aromatic rings. The van der Waals surface area contributed by atoms with Gasteiger partial charge < -0.3 is 4.98 Å². The Hall–Kier alpha value is -0.603. The van der Waals surface area contributed by atoms with Crippen LogP contribution in [0.2, 0.25) is 18.6 Å². The van der Waals surface area contributed by atoms with E-state index in [-0.39, 0.29) is 0 Å². The fourth-order valence-corrected chi connectivity index (χ4v) is 5.52. The second-order valence-electron chi connectivity index (χ2n) is 5.54. The first-order valence-corrected chi connectivity index (χ1v) is 9.55. The van der Waals surface area contributed by atoms with Gasteiger partial charge in [0.05, 0.1) is 0 Å². The van der Waals surface area contributed by atoms with Gasteiger partial charge in [-0.15, -0.1) is 0 Å². The molecule has 0 aromatic heterocycles. The Morgan fingerprint density at radius 3 is 2.38 bits per heavy atom. The maximum absolute atomic E-state index is 3.86. The minimum Gasteiger partial charge on any atom is -0.333 e. The number of nitrogens with one attached hydrogen (secondary N) is 1. The maximum Gasteiger partial charge on any atom is 0.122 e. The lowest BCUT2D eigenvalue weighted by Crippen LogP contribution is -2.47. The number of hydrogen-bond acceptors (Lipinski definition) is 1. The predicted octanol–water partition coefficient (Wildman–Crippen LogP) is 3.93. The van der Waals surface area contributed by atoms with Crippen molar-refractivity contribution in [1.82, 2.24) is 4.98 Å². The molecule has 0 radical (unpaired) electrons. The van der Waals surface area contributed by atoms with Crippen LogP contribution in [-0.4, -0.2) is 8.24 Å². The molecule has 1 saturated carbocycles. The molecule has 2 heteroatoms. The monoisotopic (exact) mass is 233 g/mol. The normalized spacial score (nSPS) is 17.9.